The van der Waals surface area contributed by atoms with Gasteiger partial charge in [-0.05, 0) is 36.4 Å². The molecule has 7 nitrogen and oxygen atoms in total. The van der Waals surface area contributed by atoms with E-state index in [9.17, 15) is 18.4 Å². The second kappa shape index (κ2) is 7.55. The lowest BCUT2D eigenvalue weighted by Gasteiger charge is -2.08. The smallest absolute Gasteiger partial charge is 0.274 e. The first-order valence-corrected chi connectivity index (χ1v) is 8.43. The number of nitrogens with zero attached hydrogens (tertiary/aromatic N) is 1. The summed E-state index contributed by atoms with van der Waals surface area (Å²) in [7, 11) is 0. The van der Waals surface area contributed by atoms with Crippen LogP contribution >= 0.6 is 0 Å². The van der Waals surface area contributed by atoms with Crippen molar-refractivity contribution in [1.29, 1.82) is 0 Å². The van der Waals surface area contributed by atoms with Gasteiger partial charge >= 0.3 is 0 Å². The van der Waals surface area contributed by atoms with Crippen LogP contribution in [0.15, 0.2) is 54.7 Å². The number of amides is 2. The second-order valence-corrected chi connectivity index (χ2v) is 6.03. The molecule has 29 heavy (non-hydrogen) atoms. The summed E-state index contributed by atoms with van der Waals surface area (Å²) in [4.78, 5) is 28.8. The molecule has 0 atom stereocenters. The number of hydrogen-bond donors (Lipinski definition) is 2. The van der Waals surface area contributed by atoms with Crippen molar-refractivity contribution in [2.24, 2.45) is 0 Å². The van der Waals surface area contributed by atoms with Gasteiger partial charge in [0.2, 0.25) is 6.79 Å². The second-order valence-electron chi connectivity index (χ2n) is 6.03. The molecule has 3 aromatic rings. The lowest BCUT2D eigenvalue weighted by molar-refractivity contribution is 0.102. The zero-order valence-electron chi connectivity index (χ0n) is 14.7. The summed E-state index contributed by atoms with van der Waals surface area (Å²) in [6.07, 6.45) is 1.30. The van der Waals surface area contributed by atoms with E-state index in [1.54, 1.807) is 18.2 Å². The first kappa shape index (κ1) is 18.4. The van der Waals surface area contributed by atoms with E-state index >= 15 is 0 Å². The van der Waals surface area contributed by atoms with Crippen LogP contribution in [0, 0.1) is 11.6 Å². The first-order valence-electron chi connectivity index (χ1n) is 8.43. The Hall–Kier alpha value is -4.01. The number of ether oxygens (including phenoxy) is 2. The topological polar surface area (TPSA) is 89.6 Å². The third-order valence-electron chi connectivity index (χ3n) is 4.06. The Labute approximate surface area is 163 Å². The average Bonchev–Trinajstić information content (AvgIpc) is 3.18. The van der Waals surface area contributed by atoms with Gasteiger partial charge in [-0.15, -0.1) is 0 Å². The van der Waals surface area contributed by atoms with E-state index in [1.807, 2.05) is 0 Å². The van der Waals surface area contributed by atoms with Crippen molar-refractivity contribution < 1.29 is 27.8 Å². The molecular weight excluding hydrogens is 384 g/mol. The van der Waals surface area contributed by atoms with Crippen LogP contribution < -0.4 is 20.1 Å². The predicted octanol–water partition coefficient (Wildman–Crippen LogP) is 3.59. The van der Waals surface area contributed by atoms with Gasteiger partial charge in [-0.25, -0.2) is 8.78 Å². The maximum Gasteiger partial charge on any atom is 0.274 e. The zero-order valence-corrected chi connectivity index (χ0v) is 14.7. The number of anilines is 2. The fraction of sp³-hybridized carbons (Fsp3) is 0.0500. The Kier molecular flexibility index (Phi) is 4.78. The minimum atomic E-state index is -1.08. The van der Waals surface area contributed by atoms with Gasteiger partial charge in [0.25, 0.3) is 11.8 Å². The van der Waals surface area contributed by atoms with Gasteiger partial charge < -0.3 is 20.1 Å². The lowest BCUT2D eigenvalue weighted by atomic mass is 10.2. The summed E-state index contributed by atoms with van der Waals surface area (Å²) in [5, 5.41) is 5.09. The summed E-state index contributed by atoms with van der Waals surface area (Å²) in [6, 6.07) is 10.6. The first-order chi connectivity index (χ1) is 14.0. The van der Waals surface area contributed by atoms with Crippen molar-refractivity contribution in [1.82, 2.24) is 4.98 Å². The number of carbonyl (C=O) groups is 2. The molecule has 0 bridgehead atoms. The van der Waals surface area contributed by atoms with E-state index in [0.717, 1.165) is 12.1 Å². The predicted molar refractivity (Wildman–Crippen MR) is 99.1 cm³/mol. The van der Waals surface area contributed by atoms with Crippen LogP contribution in [0.25, 0.3) is 0 Å². The minimum Gasteiger partial charge on any atom is -0.454 e. The molecule has 9 heteroatoms. The fourth-order valence-electron chi connectivity index (χ4n) is 2.64. The van der Waals surface area contributed by atoms with Crippen LogP contribution in [0.4, 0.5) is 20.2 Å². The highest BCUT2D eigenvalue weighted by Gasteiger charge is 2.16. The van der Waals surface area contributed by atoms with Gasteiger partial charge in [-0.3, -0.25) is 14.6 Å². The van der Waals surface area contributed by atoms with Crippen molar-refractivity contribution in [3.05, 3.63) is 77.6 Å². The molecule has 0 saturated carbocycles. The minimum absolute atomic E-state index is 0.000559. The molecule has 4 rings (SSSR count). The van der Waals surface area contributed by atoms with Gasteiger partial charge in [0.05, 0.1) is 0 Å². The molecule has 2 aromatic carbocycles. The number of aromatic nitrogens is 1. The summed E-state index contributed by atoms with van der Waals surface area (Å²) in [5.41, 5.74) is 0.677. The van der Waals surface area contributed by atoms with Gasteiger partial charge in [-0.1, -0.05) is 0 Å². The van der Waals surface area contributed by atoms with Crippen molar-refractivity contribution in [2.75, 3.05) is 17.4 Å². The van der Waals surface area contributed by atoms with Crippen LogP contribution in [0.5, 0.6) is 11.5 Å². The maximum absolute atomic E-state index is 13.3. The molecule has 0 saturated heterocycles. The summed E-state index contributed by atoms with van der Waals surface area (Å²) in [6.45, 7) is 0.114. The molecular formula is C20H13F2N3O4. The number of fused-ring (bicyclic) bond motifs is 1. The maximum atomic E-state index is 13.3. The third kappa shape index (κ3) is 3.98. The summed E-state index contributed by atoms with van der Waals surface area (Å²) < 4.78 is 36.8. The highest BCUT2D eigenvalue weighted by atomic mass is 19.2. The molecule has 2 amide bonds. The van der Waals surface area contributed by atoms with E-state index in [-0.39, 0.29) is 23.7 Å². The summed E-state index contributed by atoms with van der Waals surface area (Å²) in [5.74, 6) is -2.15. The molecule has 0 radical (unpaired) electrons. The lowest BCUT2D eigenvalue weighted by Crippen LogP contribution is -2.17. The highest BCUT2D eigenvalue weighted by molar-refractivity contribution is 6.07. The third-order valence-corrected chi connectivity index (χ3v) is 4.06. The van der Waals surface area contributed by atoms with Crippen molar-refractivity contribution in [2.45, 2.75) is 0 Å². The fourth-order valence-corrected chi connectivity index (χ4v) is 2.64. The highest BCUT2D eigenvalue weighted by Crippen LogP contribution is 2.34. The monoisotopic (exact) mass is 397 g/mol. The Morgan fingerprint density at radius 1 is 0.828 bits per heavy atom. The molecule has 1 aromatic heterocycles. The number of hydrogen-bond acceptors (Lipinski definition) is 5. The van der Waals surface area contributed by atoms with Crippen molar-refractivity contribution in [3.63, 3.8) is 0 Å². The molecule has 146 valence electrons. The van der Waals surface area contributed by atoms with Gasteiger partial charge in [0.15, 0.2) is 23.1 Å². The van der Waals surface area contributed by atoms with E-state index < -0.39 is 23.4 Å². The molecule has 0 unspecified atom stereocenters. The number of benzene rings is 2. The molecule has 1 aliphatic rings. The largest absolute Gasteiger partial charge is 0.454 e. The molecule has 2 N–H and O–H groups in total. The molecule has 0 fully saturated rings. The molecule has 0 spiro atoms. The van der Waals surface area contributed by atoms with E-state index in [0.29, 0.717) is 17.2 Å². The average molecular weight is 397 g/mol. The summed E-state index contributed by atoms with van der Waals surface area (Å²) >= 11 is 0. The van der Waals surface area contributed by atoms with Gasteiger partial charge in [0.1, 0.15) is 5.69 Å². The van der Waals surface area contributed by atoms with Crippen LogP contribution in [0.2, 0.25) is 0 Å². The number of carbonyl (C=O) groups excluding carboxylic acids is 2. The number of rotatable bonds is 4. The van der Waals surface area contributed by atoms with E-state index in [1.165, 1.54) is 24.4 Å². The van der Waals surface area contributed by atoms with E-state index in [4.69, 9.17) is 9.47 Å². The molecule has 2 heterocycles. The molecule has 1 aliphatic heterocycles. The van der Waals surface area contributed by atoms with E-state index in [2.05, 4.69) is 15.6 Å². The normalized spacial score (nSPS) is 11.8. The Morgan fingerprint density at radius 2 is 1.55 bits per heavy atom. The number of pyridine rings is 1. The van der Waals surface area contributed by atoms with Gasteiger partial charge in [-0.2, -0.15) is 0 Å². The Bertz CT molecular complexity index is 1120. The standard InChI is InChI=1S/C20H13F2N3O4/c21-14-3-1-12(8-15(14)22)24-19(26)11-5-6-23-16(7-11)20(27)25-13-2-4-17-18(9-13)29-10-28-17/h1-9H,10H2,(H,24,26)(H,25,27). The van der Waals surface area contributed by atoms with Crippen molar-refractivity contribution >= 4 is 23.2 Å². The van der Waals surface area contributed by atoms with Crippen molar-refractivity contribution in [3.8, 4) is 11.5 Å². The van der Waals surface area contributed by atoms with Crippen LogP contribution in [0.1, 0.15) is 20.8 Å². The number of nitrogens with one attached hydrogen (secondary N) is 2. The van der Waals surface area contributed by atoms with Crippen LogP contribution in [-0.2, 0) is 0 Å². The SMILES string of the molecule is O=C(Nc1ccc(F)c(F)c1)c1ccnc(C(=O)Nc2ccc3c(c2)OCO3)c1. The quantitative estimate of drug-likeness (QED) is 0.702. The van der Waals surface area contributed by atoms with Crippen LogP contribution in [0.3, 0.4) is 0 Å². The Morgan fingerprint density at radius 3 is 2.38 bits per heavy atom. The Balaban J connectivity index is 1.48. The zero-order chi connectivity index (χ0) is 20.4. The molecule has 0 aliphatic carbocycles. The van der Waals surface area contributed by atoms with Crippen LogP contribution in [-0.4, -0.2) is 23.6 Å². The van der Waals surface area contributed by atoms with Gasteiger partial charge in [0, 0.05) is 35.3 Å². The number of halogens is 2.